The second-order valence-corrected chi connectivity index (χ2v) is 5.44. The minimum Gasteiger partial charge on any atom is -0.485 e. The Balaban J connectivity index is 1.84. The van der Waals surface area contributed by atoms with Crippen LogP contribution in [0.3, 0.4) is 0 Å². The van der Waals surface area contributed by atoms with E-state index in [0.717, 1.165) is 37.4 Å². The Bertz CT molecular complexity index is 609. The van der Waals surface area contributed by atoms with Crippen LogP contribution in [0.4, 0.5) is 0 Å². The van der Waals surface area contributed by atoms with Crippen LogP contribution in [-0.2, 0) is 26.5 Å². The maximum Gasteiger partial charge on any atom is 0.141 e. The number of hydrogen-bond acceptors (Lipinski definition) is 3. The molecule has 0 saturated heterocycles. The number of ether oxygens (including phenoxy) is 1. The molecule has 5 heteroatoms. The summed E-state index contributed by atoms with van der Waals surface area (Å²) in [6.45, 7) is 2.42. The third-order valence-electron chi connectivity index (χ3n) is 3.57. The first-order valence-corrected chi connectivity index (χ1v) is 7.24. The monoisotopic (exact) mass is 291 g/mol. The van der Waals surface area contributed by atoms with E-state index in [0.29, 0.717) is 11.6 Å². The van der Waals surface area contributed by atoms with E-state index in [2.05, 4.69) is 16.5 Å². The lowest BCUT2D eigenvalue weighted by Crippen LogP contribution is -2.16. The largest absolute Gasteiger partial charge is 0.485 e. The van der Waals surface area contributed by atoms with Gasteiger partial charge < -0.3 is 10.1 Å². The first-order valence-electron chi connectivity index (χ1n) is 6.86. The van der Waals surface area contributed by atoms with Gasteiger partial charge in [-0.3, -0.25) is 4.68 Å². The number of halogens is 1. The van der Waals surface area contributed by atoms with Crippen LogP contribution < -0.4 is 10.1 Å². The molecule has 1 aromatic heterocycles. The molecule has 0 radical (unpaired) electrons. The van der Waals surface area contributed by atoms with Gasteiger partial charge in [0.2, 0.25) is 0 Å². The van der Waals surface area contributed by atoms with Gasteiger partial charge in [0.1, 0.15) is 12.4 Å². The number of nitrogens with zero attached hydrogens (tertiary/aromatic N) is 2. The quantitative estimate of drug-likeness (QED) is 0.943. The Hall–Kier alpha value is -1.52. The Morgan fingerprint density at radius 1 is 1.30 bits per heavy atom. The number of aromatic nitrogens is 2. The van der Waals surface area contributed by atoms with E-state index >= 15 is 0 Å². The Labute approximate surface area is 123 Å². The molecule has 0 atom stereocenters. The van der Waals surface area contributed by atoms with E-state index in [1.807, 2.05) is 25.4 Å². The number of aryl methyl sites for hydroxylation is 1. The zero-order valence-corrected chi connectivity index (χ0v) is 12.3. The fraction of sp³-hybridized carbons (Fsp3) is 0.400. The second-order valence-electron chi connectivity index (χ2n) is 5.03. The molecule has 4 nitrogen and oxygen atoms in total. The highest BCUT2D eigenvalue weighted by Gasteiger charge is 2.16. The van der Waals surface area contributed by atoms with Gasteiger partial charge >= 0.3 is 0 Å². The van der Waals surface area contributed by atoms with Crippen LogP contribution >= 0.6 is 11.6 Å². The van der Waals surface area contributed by atoms with Gasteiger partial charge in [0.15, 0.2) is 0 Å². The van der Waals surface area contributed by atoms with Crippen LogP contribution in [0, 0.1) is 0 Å². The zero-order chi connectivity index (χ0) is 13.9. The summed E-state index contributed by atoms with van der Waals surface area (Å²) in [5.74, 6) is 0.818. The zero-order valence-electron chi connectivity index (χ0n) is 11.5. The topological polar surface area (TPSA) is 39.1 Å². The molecule has 0 spiro atoms. The summed E-state index contributed by atoms with van der Waals surface area (Å²) in [6.07, 6.45) is 3.88. The molecule has 106 valence electrons. The van der Waals surface area contributed by atoms with Gasteiger partial charge in [-0.25, -0.2) is 0 Å². The summed E-state index contributed by atoms with van der Waals surface area (Å²) in [6, 6.07) is 5.99. The van der Waals surface area contributed by atoms with Crippen molar-refractivity contribution in [3.8, 4) is 5.75 Å². The third-order valence-corrected chi connectivity index (χ3v) is 3.86. The maximum atomic E-state index is 6.31. The van der Waals surface area contributed by atoms with Gasteiger partial charge in [-0.2, -0.15) is 5.10 Å². The van der Waals surface area contributed by atoms with Crippen molar-refractivity contribution in [2.24, 2.45) is 7.05 Å². The van der Waals surface area contributed by atoms with Gasteiger partial charge in [0, 0.05) is 18.8 Å². The number of rotatable bonds is 3. The molecule has 20 heavy (non-hydrogen) atoms. The average molecular weight is 292 g/mol. The van der Waals surface area contributed by atoms with Crippen molar-refractivity contribution in [3.05, 3.63) is 46.2 Å². The van der Waals surface area contributed by atoms with E-state index in [1.165, 1.54) is 11.1 Å². The highest BCUT2D eigenvalue weighted by molar-refractivity contribution is 6.32. The average Bonchev–Trinajstić information content (AvgIpc) is 2.71. The lowest BCUT2D eigenvalue weighted by molar-refractivity contribution is 0.297. The van der Waals surface area contributed by atoms with E-state index in [9.17, 15) is 0 Å². The fourth-order valence-corrected chi connectivity index (χ4v) is 2.78. The fourth-order valence-electron chi connectivity index (χ4n) is 2.55. The summed E-state index contributed by atoms with van der Waals surface area (Å²) in [4.78, 5) is 0. The van der Waals surface area contributed by atoms with Crippen molar-refractivity contribution < 1.29 is 4.74 Å². The molecule has 1 aromatic carbocycles. The second kappa shape index (κ2) is 5.85. The number of nitrogens with one attached hydrogen (secondary N) is 1. The Kier molecular flexibility index (Phi) is 3.94. The Morgan fingerprint density at radius 2 is 2.15 bits per heavy atom. The van der Waals surface area contributed by atoms with E-state index in [4.69, 9.17) is 16.3 Å². The molecule has 1 aliphatic heterocycles. The molecule has 0 amide bonds. The minimum atomic E-state index is 0.449. The number of hydrogen-bond donors (Lipinski definition) is 1. The molecular formula is C15H18ClN3O. The first-order chi connectivity index (χ1) is 9.74. The van der Waals surface area contributed by atoms with Crippen molar-refractivity contribution in [3.63, 3.8) is 0 Å². The van der Waals surface area contributed by atoms with Crippen LogP contribution in [-0.4, -0.2) is 22.9 Å². The van der Waals surface area contributed by atoms with Crippen LogP contribution in [0.15, 0.2) is 24.4 Å². The highest BCUT2D eigenvalue weighted by atomic mass is 35.5. The molecule has 2 heterocycles. The van der Waals surface area contributed by atoms with Crippen molar-refractivity contribution in [1.29, 1.82) is 0 Å². The molecule has 3 rings (SSSR count). The summed E-state index contributed by atoms with van der Waals surface area (Å²) in [5.41, 5.74) is 3.47. The molecule has 0 saturated carbocycles. The molecule has 0 fully saturated rings. The van der Waals surface area contributed by atoms with Gasteiger partial charge in [-0.15, -0.1) is 0 Å². The number of benzene rings is 1. The molecular weight excluding hydrogens is 274 g/mol. The standard InChI is InChI=1S/C15H18ClN3O/c1-19-9-6-12(18-19)10-20-15-13-5-8-17-7-4-11(13)2-3-14(15)16/h2-3,6,9,17H,4-5,7-8,10H2,1H3. The van der Waals surface area contributed by atoms with Crippen LogP contribution in [0.2, 0.25) is 5.02 Å². The summed E-state index contributed by atoms with van der Waals surface area (Å²) in [5, 5.41) is 8.41. The van der Waals surface area contributed by atoms with Crippen LogP contribution in [0.5, 0.6) is 5.75 Å². The van der Waals surface area contributed by atoms with Crippen molar-refractivity contribution in [2.45, 2.75) is 19.4 Å². The lowest BCUT2D eigenvalue weighted by Gasteiger charge is -2.14. The minimum absolute atomic E-state index is 0.449. The van der Waals surface area contributed by atoms with Gasteiger partial charge in [0.25, 0.3) is 0 Å². The van der Waals surface area contributed by atoms with E-state index in [1.54, 1.807) is 4.68 Å². The van der Waals surface area contributed by atoms with Gasteiger partial charge in [0.05, 0.1) is 10.7 Å². The number of fused-ring (bicyclic) bond motifs is 1. The van der Waals surface area contributed by atoms with Gasteiger partial charge in [-0.05, 0) is 43.6 Å². The third kappa shape index (κ3) is 2.81. The van der Waals surface area contributed by atoms with Crippen molar-refractivity contribution in [1.82, 2.24) is 15.1 Å². The smallest absolute Gasteiger partial charge is 0.141 e. The van der Waals surface area contributed by atoms with Crippen LogP contribution in [0.25, 0.3) is 0 Å². The normalized spacial score (nSPS) is 14.7. The summed E-state index contributed by atoms with van der Waals surface area (Å²) < 4.78 is 7.73. The van der Waals surface area contributed by atoms with Crippen LogP contribution in [0.1, 0.15) is 16.8 Å². The maximum absolute atomic E-state index is 6.31. The highest BCUT2D eigenvalue weighted by Crippen LogP contribution is 2.33. The van der Waals surface area contributed by atoms with Crippen molar-refractivity contribution in [2.75, 3.05) is 13.1 Å². The van der Waals surface area contributed by atoms with Gasteiger partial charge in [-0.1, -0.05) is 17.7 Å². The molecule has 1 N–H and O–H groups in total. The van der Waals surface area contributed by atoms with Crippen molar-refractivity contribution >= 4 is 11.6 Å². The molecule has 0 aliphatic carbocycles. The predicted molar refractivity (Wildman–Crippen MR) is 79.3 cm³/mol. The molecule has 1 aliphatic rings. The van der Waals surface area contributed by atoms with E-state index < -0.39 is 0 Å². The summed E-state index contributed by atoms with van der Waals surface area (Å²) >= 11 is 6.31. The lowest BCUT2D eigenvalue weighted by atomic mass is 10.0. The Morgan fingerprint density at radius 3 is 2.95 bits per heavy atom. The van der Waals surface area contributed by atoms with E-state index in [-0.39, 0.29) is 0 Å². The molecule has 0 bridgehead atoms. The SMILES string of the molecule is Cn1ccc(COc2c(Cl)ccc3c2CCNCC3)n1. The first kappa shape index (κ1) is 13.5. The molecule has 0 unspecified atom stereocenters. The predicted octanol–water partition coefficient (Wildman–Crippen LogP) is 2.34. The molecule has 2 aromatic rings. The summed E-state index contributed by atoms with van der Waals surface area (Å²) in [7, 11) is 1.90.